The number of hydrogen-bond donors (Lipinski definition) is 3. The number of H-pyrrole nitrogens is 1. The number of likely N-dealkylation sites (N-methyl/N-ethyl adjacent to an activating group) is 1. The molecule has 3 heterocycles. The third-order valence-corrected chi connectivity index (χ3v) is 7.53. The largest absolute Gasteiger partial charge is 0.508 e. The molecule has 3 amide bonds. The maximum absolute atomic E-state index is 14.5. The van der Waals surface area contributed by atoms with Gasteiger partial charge in [-0.25, -0.2) is 9.18 Å². The third kappa shape index (κ3) is 4.00. The molecule has 2 aliphatic rings. The summed E-state index contributed by atoms with van der Waals surface area (Å²) in [7, 11) is 3.28. The van der Waals surface area contributed by atoms with Crippen LogP contribution in [0.3, 0.4) is 0 Å². The summed E-state index contributed by atoms with van der Waals surface area (Å²) in [6, 6.07) is 8.50. The van der Waals surface area contributed by atoms with E-state index in [4.69, 9.17) is 9.84 Å². The number of methoxy groups -OCH3 is 1. The molecule has 0 aliphatic carbocycles. The second-order valence-electron chi connectivity index (χ2n) is 9.99. The lowest BCUT2D eigenvalue weighted by atomic mass is 9.81. The molecule has 0 unspecified atom stereocenters. The Morgan fingerprint density at radius 3 is 2.73 bits per heavy atom. The minimum atomic E-state index is -1.17. The molecule has 0 bridgehead atoms. The standard InChI is InChI=1S/C27H31FN4O5/c1-27-15-19-18-13-22(37-3)20(28)14-21(18)29-23(19)24(16-6-4-7-17(34)12-16)32(27)26(36)31(25(27)35)9-5-8-30(2)10-11-33/h4,6-7,12-14,24,29,33-34H,5,8-11,15H2,1-3H3/t24-,27+/m1/s1. The summed E-state index contributed by atoms with van der Waals surface area (Å²) in [6.07, 6.45) is 0.817. The molecular formula is C27H31FN4O5. The number of rotatable bonds is 8. The molecule has 2 atom stereocenters. The molecule has 37 heavy (non-hydrogen) atoms. The van der Waals surface area contributed by atoms with Crippen LogP contribution in [0.2, 0.25) is 0 Å². The van der Waals surface area contributed by atoms with Gasteiger partial charge in [0, 0.05) is 42.2 Å². The minimum Gasteiger partial charge on any atom is -0.508 e. The number of imide groups is 1. The first kappa shape index (κ1) is 25.0. The maximum atomic E-state index is 14.5. The summed E-state index contributed by atoms with van der Waals surface area (Å²) in [5, 5.41) is 20.1. The van der Waals surface area contributed by atoms with Gasteiger partial charge in [-0.1, -0.05) is 12.1 Å². The van der Waals surface area contributed by atoms with Gasteiger partial charge in [0.15, 0.2) is 11.6 Å². The van der Waals surface area contributed by atoms with Gasteiger partial charge in [-0.3, -0.25) is 14.6 Å². The molecule has 2 aromatic carbocycles. The molecule has 1 aromatic heterocycles. The van der Waals surface area contributed by atoms with Crippen molar-refractivity contribution >= 4 is 22.8 Å². The molecule has 0 radical (unpaired) electrons. The van der Waals surface area contributed by atoms with Crippen molar-refractivity contribution in [2.45, 2.75) is 31.3 Å². The molecule has 5 rings (SSSR count). The van der Waals surface area contributed by atoms with Crippen molar-refractivity contribution in [1.82, 2.24) is 19.7 Å². The monoisotopic (exact) mass is 510 g/mol. The predicted octanol–water partition coefficient (Wildman–Crippen LogP) is 3.00. The number of fused-ring (bicyclic) bond motifs is 4. The van der Waals surface area contributed by atoms with E-state index in [2.05, 4.69) is 4.98 Å². The molecule has 2 aliphatic heterocycles. The number of aromatic amines is 1. The number of halogens is 1. The lowest BCUT2D eigenvalue weighted by molar-refractivity contribution is -0.133. The van der Waals surface area contributed by atoms with E-state index in [1.54, 1.807) is 42.2 Å². The van der Waals surface area contributed by atoms with Gasteiger partial charge in [-0.15, -0.1) is 0 Å². The van der Waals surface area contributed by atoms with Crippen LogP contribution in [0.5, 0.6) is 11.5 Å². The Bertz CT molecular complexity index is 1370. The lowest BCUT2D eigenvalue weighted by Gasteiger charge is -2.42. The number of nitrogens with one attached hydrogen (secondary N) is 1. The van der Waals surface area contributed by atoms with Crippen LogP contribution < -0.4 is 4.74 Å². The van der Waals surface area contributed by atoms with Gasteiger partial charge >= 0.3 is 6.03 Å². The topological polar surface area (TPSA) is 109 Å². The Morgan fingerprint density at radius 1 is 1.24 bits per heavy atom. The van der Waals surface area contributed by atoms with Gasteiger partial charge in [-0.2, -0.15) is 0 Å². The van der Waals surface area contributed by atoms with Crippen molar-refractivity contribution in [2.75, 3.05) is 40.4 Å². The van der Waals surface area contributed by atoms with Crippen molar-refractivity contribution < 1.29 is 28.9 Å². The van der Waals surface area contributed by atoms with E-state index in [1.165, 1.54) is 18.1 Å². The number of carbonyl (C=O) groups is 2. The molecule has 1 fully saturated rings. The normalized spacial score (nSPS) is 21.2. The molecular weight excluding hydrogens is 479 g/mol. The van der Waals surface area contributed by atoms with E-state index >= 15 is 0 Å². The molecule has 1 saturated heterocycles. The quantitative estimate of drug-likeness (QED) is 0.402. The number of amides is 3. The van der Waals surface area contributed by atoms with Gasteiger partial charge in [-0.05, 0) is 56.3 Å². The lowest BCUT2D eigenvalue weighted by Crippen LogP contribution is -2.53. The van der Waals surface area contributed by atoms with E-state index in [0.717, 1.165) is 10.9 Å². The van der Waals surface area contributed by atoms with Crippen LogP contribution in [-0.2, 0) is 11.2 Å². The Hall–Kier alpha value is -3.63. The zero-order chi connectivity index (χ0) is 26.5. The number of nitrogens with zero attached hydrogens (tertiary/aromatic N) is 3. The Kier molecular flexibility index (Phi) is 6.33. The minimum absolute atomic E-state index is 0.0376. The molecule has 0 spiro atoms. The van der Waals surface area contributed by atoms with E-state index in [0.29, 0.717) is 36.3 Å². The molecule has 3 aromatic rings. The van der Waals surface area contributed by atoms with Crippen molar-refractivity contribution in [1.29, 1.82) is 0 Å². The van der Waals surface area contributed by atoms with Crippen LogP contribution in [0.15, 0.2) is 36.4 Å². The van der Waals surface area contributed by atoms with Crippen LogP contribution >= 0.6 is 0 Å². The molecule has 10 heteroatoms. The highest BCUT2D eigenvalue weighted by Gasteiger charge is 2.60. The fraction of sp³-hybridized carbons (Fsp3) is 0.407. The van der Waals surface area contributed by atoms with Gasteiger partial charge in [0.05, 0.1) is 13.7 Å². The van der Waals surface area contributed by atoms with Gasteiger partial charge < -0.3 is 24.8 Å². The number of ether oxygens (including phenoxy) is 1. The third-order valence-electron chi connectivity index (χ3n) is 7.53. The SMILES string of the molecule is COc1cc2c3c([nH]c2cc1F)[C@@H](c1cccc(O)c1)N1C(=O)N(CCCN(C)CCO)C(=O)[C@]1(C)C3. The number of aromatic nitrogens is 1. The highest BCUT2D eigenvalue weighted by molar-refractivity contribution is 6.08. The first-order valence-corrected chi connectivity index (χ1v) is 12.3. The van der Waals surface area contributed by atoms with E-state index < -0.39 is 23.4 Å². The number of urea groups is 1. The average molecular weight is 511 g/mol. The Labute approximate surface area is 214 Å². The smallest absolute Gasteiger partial charge is 0.328 e. The zero-order valence-electron chi connectivity index (χ0n) is 21.1. The fourth-order valence-electron chi connectivity index (χ4n) is 5.69. The first-order chi connectivity index (χ1) is 17.7. The van der Waals surface area contributed by atoms with Gasteiger partial charge in [0.1, 0.15) is 17.3 Å². The number of aromatic hydroxyl groups is 1. The number of phenols is 1. The summed E-state index contributed by atoms with van der Waals surface area (Å²) in [6.45, 7) is 3.19. The highest BCUT2D eigenvalue weighted by atomic mass is 19.1. The van der Waals surface area contributed by atoms with Crippen molar-refractivity contribution in [3.05, 3.63) is 59.0 Å². The van der Waals surface area contributed by atoms with Crippen LogP contribution in [0.1, 0.15) is 36.2 Å². The van der Waals surface area contributed by atoms with Gasteiger partial charge in [0.25, 0.3) is 5.91 Å². The summed E-state index contributed by atoms with van der Waals surface area (Å²) in [4.78, 5) is 35.8. The summed E-state index contributed by atoms with van der Waals surface area (Å²) < 4.78 is 19.7. The number of aliphatic hydroxyl groups excluding tert-OH is 1. The van der Waals surface area contributed by atoms with Crippen LogP contribution in [-0.4, -0.2) is 87.8 Å². The van der Waals surface area contributed by atoms with Crippen molar-refractivity contribution in [2.24, 2.45) is 0 Å². The van der Waals surface area contributed by atoms with E-state index in [9.17, 15) is 19.1 Å². The summed E-state index contributed by atoms with van der Waals surface area (Å²) >= 11 is 0. The predicted molar refractivity (Wildman–Crippen MR) is 135 cm³/mol. The Morgan fingerprint density at radius 2 is 2.03 bits per heavy atom. The second kappa shape index (κ2) is 9.35. The number of hydrogen-bond acceptors (Lipinski definition) is 6. The second-order valence-corrected chi connectivity index (χ2v) is 9.99. The molecule has 3 N–H and O–H groups in total. The fourth-order valence-corrected chi connectivity index (χ4v) is 5.69. The van der Waals surface area contributed by atoms with Crippen LogP contribution in [0.25, 0.3) is 10.9 Å². The van der Waals surface area contributed by atoms with Gasteiger partial charge in [0.2, 0.25) is 0 Å². The van der Waals surface area contributed by atoms with Crippen LogP contribution in [0, 0.1) is 5.82 Å². The maximum Gasteiger partial charge on any atom is 0.328 e. The molecule has 9 nitrogen and oxygen atoms in total. The highest BCUT2D eigenvalue weighted by Crippen LogP contribution is 2.49. The Balaban J connectivity index is 1.60. The molecule has 196 valence electrons. The number of aliphatic hydroxyl groups is 1. The number of carbonyl (C=O) groups excluding carboxylic acids is 2. The summed E-state index contributed by atoms with van der Waals surface area (Å²) in [5.41, 5.74) is 1.50. The zero-order valence-corrected chi connectivity index (χ0v) is 21.1. The van der Waals surface area contributed by atoms with E-state index in [1.807, 2.05) is 11.9 Å². The average Bonchev–Trinajstić information content (AvgIpc) is 3.29. The number of phenolic OH excluding ortho intramolecular Hbond substituents is 1. The molecule has 0 saturated carbocycles. The van der Waals surface area contributed by atoms with Crippen molar-refractivity contribution in [3.8, 4) is 11.5 Å². The number of benzene rings is 2. The van der Waals surface area contributed by atoms with Crippen molar-refractivity contribution in [3.63, 3.8) is 0 Å². The van der Waals surface area contributed by atoms with E-state index in [-0.39, 0.29) is 37.0 Å². The summed E-state index contributed by atoms with van der Waals surface area (Å²) in [5.74, 6) is -0.671. The first-order valence-electron chi connectivity index (χ1n) is 12.3. The van der Waals surface area contributed by atoms with Crippen LogP contribution in [0.4, 0.5) is 9.18 Å².